The van der Waals surface area contributed by atoms with Crippen molar-refractivity contribution in [1.82, 2.24) is 15.6 Å². The first-order chi connectivity index (χ1) is 12.5. The van der Waals surface area contributed by atoms with Crippen molar-refractivity contribution in [2.45, 2.75) is 20.3 Å². The van der Waals surface area contributed by atoms with Crippen LogP contribution in [0, 0.1) is 24.0 Å². The lowest BCUT2D eigenvalue weighted by Crippen LogP contribution is -2.40. The number of benzene rings is 1. The minimum absolute atomic E-state index is 0. The Morgan fingerprint density at radius 2 is 1.93 bits per heavy atom. The van der Waals surface area contributed by atoms with E-state index in [1.807, 2.05) is 6.92 Å². The average Bonchev–Trinajstić information content (AvgIpc) is 2.95. The van der Waals surface area contributed by atoms with Crippen LogP contribution < -0.4 is 16.0 Å². The van der Waals surface area contributed by atoms with Gasteiger partial charge in [-0.1, -0.05) is 12.1 Å². The van der Waals surface area contributed by atoms with Gasteiger partial charge in [0.05, 0.1) is 15.6 Å². The zero-order chi connectivity index (χ0) is 18.9. The maximum Gasteiger partial charge on any atom is 0.292 e. The number of rotatable bonds is 8. The van der Waals surface area contributed by atoms with E-state index >= 15 is 0 Å². The Bertz CT molecular complexity index is 761. The predicted molar refractivity (Wildman–Crippen MR) is 122 cm³/mol. The second-order valence-electron chi connectivity index (χ2n) is 5.63. The molecular weight excluding hydrogens is 479 g/mol. The van der Waals surface area contributed by atoms with Crippen LogP contribution in [-0.4, -0.2) is 42.5 Å². The highest BCUT2D eigenvalue weighted by Gasteiger charge is 2.11. The van der Waals surface area contributed by atoms with Gasteiger partial charge in [0.2, 0.25) is 0 Å². The fourth-order valence-electron chi connectivity index (χ4n) is 2.31. The Labute approximate surface area is 180 Å². The van der Waals surface area contributed by atoms with Gasteiger partial charge in [0.1, 0.15) is 5.69 Å². The second-order valence-corrected chi connectivity index (χ2v) is 6.91. The second kappa shape index (κ2) is 11.7. The molecule has 27 heavy (non-hydrogen) atoms. The van der Waals surface area contributed by atoms with Crippen LogP contribution in [0.15, 0.2) is 29.3 Å². The molecule has 0 amide bonds. The number of nitro groups is 1. The fraction of sp³-hybridized carbons (Fsp3) is 0.412. The van der Waals surface area contributed by atoms with Crippen molar-refractivity contribution < 1.29 is 4.92 Å². The number of aryl methyl sites for hydroxylation is 2. The summed E-state index contributed by atoms with van der Waals surface area (Å²) >= 11 is 1.72. The van der Waals surface area contributed by atoms with Crippen molar-refractivity contribution in [2.24, 2.45) is 4.99 Å². The highest BCUT2D eigenvalue weighted by Crippen LogP contribution is 2.22. The van der Waals surface area contributed by atoms with Crippen LogP contribution in [0.3, 0.4) is 0 Å². The number of nitrogens with one attached hydrogen (secondary N) is 3. The molecule has 1 heterocycles. The lowest BCUT2D eigenvalue weighted by Gasteiger charge is -2.12. The summed E-state index contributed by atoms with van der Waals surface area (Å²) in [6, 6.07) is 6.60. The molecule has 0 aliphatic carbocycles. The van der Waals surface area contributed by atoms with E-state index < -0.39 is 4.92 Å². The van der Waals surface area contributed by atoms with Gasteiger partial charge < -0.3 is 16.0 Å². The van der Waals surface area contributed by atoms with Crippen LogP contribution in [0.2, 0.25) is 0 Å². The molecule has 0 aliphatic rings. The Balaban J connectivity index is 0.00000364. The van der Waals surface area contributed by atoms with Gasteiger partial charge in [-0.2, -0.15) is 0 Å². The van der Waals surface area contributed by atoms with E-state index in [4.69, 9.17) is 0 Å². The Hall–Kier alpha value is -1.95. The number of guanidine groups is 1. The molecule has 0 fully saturated rings. The van der Waals surface area contributed by atoms with Crippen molar-refractivity contribution in [2.75, 3.05) is 32.0 Å². The molecule has 148 valence electrons. The molecule has 0 saturated heterocycles. The topological polar surface area (TPSA) is 104 Å². The molecule has 10 heteroatoms. The molecule has 0 radical (unpaired) electrons. The average molecular weight is 504 g/mol. The molecule has 0 bridgehead atoms. The smallest absolute Gasteiger partial charge is 0.292 e. The molecule has 3 N–H and O–H groups in total. The number of para-hydroxylation sites is 2. The normalized spacial score (nSPS) is 10.9. The SMILES string of the molecule is CN=C(NCCNc1ccccc1[N+](=O)[O-])NCCc1nc(C)c(C)s1.I. The molecule has 1 aromatic carbocycles. The molecule has 0 spiro atoms. The summed E-state index contributed by atoms with van der Waals surface area (Å²) in [5, 5.41) is 21.6. The van der Waals surface area contributed by atoms with Gasteiger partial charge in [0.25, 0.3) is 5.69 Å². The number of aromatic nitrogens is 1. The van der Waals surface area contributed by atoms with Crippen molar-refractivity contribution in [3.8, 4) is 0 Å². The summed E-state index contributed by atoms with van der Waals surface area (Å²) in [6.45, 7) is 5.96. The minimum Gasteiger partial charge on any atom is -0.378 e. The van der Waals surface area contributed by atoms with E-state index in [1.54, 1.807) is 36.6 Å². The third-order valence-corrected chi connectivity index (χ3v) is 4.89. The largest absolute Gasteiger partial charge is 0.378 e. The summed E-state index contributed by atoms with van der Waals surface area (Å²) in [4.78, 5) is 20.5. The van der Waals surface area contributed by atoms with Gasteiger partial charge >= 0.3 is 0 Å². The van der Waals surface area contributed by atoms with Gasteiger partial charge in [0, 0.05) is 44.0 Å². The summed E-state index contributed by atoms with van der Waals surface area (Å²) in [6.07, 6.45) is 0.842. The van der Waals surface area contributed by atoms with E-state index in [0.29, 0.717) is 24.7 Å². The summed E-state index contributed by atoms with van der Waals surface area (Å²) in [7, 11) is 1.71. The van der Waals surface area contributed by atoms with E-state index in [2.05, 4.69) is 32.9 Å². The van der Waals surface area contributed by atoms with Crippen molar-refractivity contribution >= 4 is 52.6 Å². The molecular formula is C17H25IN6O2S. The van der Waals surface area contributed by atoms with Gasteiger partial charge in [-0.25, -0.2) is 4.98 Å². The first-order valence-electron chi connectivity index (χ1n) is 8.36. The van der Waals surface area contributed by atoms with Crippen molar-refractivity contribution in [1.29, 1.82) is 0 Å². The molecule has 2 aromatic rings. The van der Waals surface area contributed by atoms with Gasteiger partial charge in [-0.3, -0.25) is 15.1 Å². The van der Waals surface area contributed by atoms with Crippen molar-refractivity contribution in [3.63, 3.8) is 0 Å². The van der Waals surface area contributed by atoms with Crippen LogP contribution in [-0.2, 0) is 6.42 Å². The maximum atomic E-state index is 11.0. The monoisotopic (exact) mass is 504 g/mol. The van der Waals surface area contributed by atoms with E-state index in [9.17, 15) is 10.1 Å². The Morgan fingerprint density at radius 1 is 1.22 bits per heavy atom. The van der Waals surface area contributed by atoms with E-state index in [-0.39, 0.29) is 29.7 Å². The van der Waals surface area contributed by atoms with Crippen LogP contribution >= 0.6 is 35.3 Å². The highest BCUT2D eigenvalue weighted by molar-refractivity contribution is 14.0. The number of nitro benzene ring substituents is 1. The van der Waals surface area contributed by atoms with E-state index in [1.165, 1.54) is 10.9 Å². The quantitative estimate of drug-likeness (QED) is 0.128. The molecule has 0 saturated carbocycles. The van der Waals surface area contributed by atoms with Crippen LogP contribution in [0.5, 0.6) is 0 Å². The molecule has 0 atom stereocenters. The number of halogens is 1. The number of hydrogen-bond donors (Lipinski definition) is 3. The van der Waals surface area contributed by atoms with E-state index in [0.717, 1.165) is 23.7 Å². The standard InChI is InChI=1S/C17H24N6O2S.HI/c1-12-13(2)26-16(22-12)8-9-20-17(18-3)21-11-10-19-14-6-4-5-7-15(14)23(24)25;/h4-7,19H,8-11H2,1-3H3,(H2,18,20,21);1H. The summed E-state index contributed by atoms with van der Waals surface area (Å²) in [5.41, 5.74) is 1.68. The Kier molecular flexibility index (Phi) is 10.0. The fourth-order valence-corrected chi connectivity index (χ4v) is 3.25. The molecule has 2 rings (SSSR count). The molecule has 8 nitrogen and oxygen atoms in total. The highest BCUT2D eigenvalue weighted by atomic mass is 127. The molecule has 1 aromatic heterocycles. The van der Waals surface area contributed by atoms with Crippen LogP contribution in [0.25, 0.3) is 0 Å². The maximum absolute atomic E-state index is 11.0. The lowest BCUT2D eigenvalue weighted by atomic mass is 10.2. The van der Waals surface area contributed by atoms with Gasteiger partial charge in [-0.05, 0) is 19.9 Å². The number of thiazole rings is 1. The first-order valence-corrected chi connectivity index (χ1v) is 9.17. The number of nitrogens with zero attached hydrogens (tertiary/aromatic N) is 3. The number of hydrogen-bond acceptors (Lipinski definition) is 6. The molecule has 0 aliphatic heterocycles. The Morgan fingerprint density at radius 3 is 2.56 bits per heavy atom. The van der Waals surface area contributed by atoms with Gasteiger partial charge in [-0.15, -0.1) is 35.3 Å². The summed E-state index contributed by atoms with van der Waals surface area (Å²) < 4.78 is 0. The van der Waals surface area contributed by atoms with Crippen LogP contribution in [0.4, 0.5) is 11.4 Å². The first kappa shape index (κ1) is 23.1. The van der Waals surface area contributed by atoms with Crippen molar-refractivity contribution in [3.05, 3.63) is 50.0 Å². The van der Waals surface area contributed by atoms with Crippen LogP contribution in [0.1, 0.15) is 15.6 Å². The molecule has 0 unspecified atom stereocenters. The number of anilines is 1. The lowest BCUT2D eigenvalue weighted by molar-refractivity contribution is -0.384. The zero-order valence-corrected chi connectivity index (χ0v) is 18.8. The third kappa shape index (κ3) is 7.29. The third-order valence-electron chi connectivity index (χ3n) is 3.76. The minimum atomic E-state index is -0.391. The summed E-state index contributed by atoms with van der Waals surface area (Å²) in [5.74, 6) is 0.694. The zero-order valence-electron chi connectivity index (χ0n) is 15.6. The predicted octanol–water partition coefficient (Wildman–Crippen LogP) is 3.11. The van der Waals surface area contributed by atoms with Gasteiger partial charge in [0.15, 0.2) is 5.96 Å². The number of aliphatic imine (C=N–C) groups is 1.